The maximum absolute atomic E-state index is 13.0. The lowest BCUT2D eigenvalue weighted by atomic mass is 9.90. The van der Waals surface area contributed by atoms with Crippen LogP contribution in [-0.2, 0) is 30.4 Å². The largest absolute Gasteiger partial charge is 0.459 e. The van der Waals surface area contributed by atoms with E-state index in [0.717, 1.165) is 30.5 Å². The summed E-state index contributed by atoms with van der Waals surface area (Å²) in [6, 6.07) is 14.3. The van der Waals surface area contributed by atoms with Crippen molar-refractivity contribution in [3.63, 3.8) is 0 Å². The van der Waals surface area contributed by atoms with Crippen molar-refractivity contribution in [2.75, 3.05) is 18.4 Å². The van der Waals surface area contributed by atoms with E-state index < -0.39 is 21.6 Å². The van der Waals surface area contributed by atoms with E-state index in [-0.39, 0.29) is 36.7 Å². The Morgan fingerprint density at radius 1 is 1.07 bits per heavy atom. The number of alkyl halides is 3. The van der Waals surface area contributed by atoms with Crippen LogP contribution >= 0.6 is 34.8 Å². The van der Waals surface area contributed by atoms with Gasteiger partial charge in [0.2, 0.25) is 0 Å². The molecule has 0 radical (unpaired) electrons. The van der Waals surface area contributed by atoms with E-state index in [4.69, 9.17) is 49.0 Å². The number of likely N-dealkylation sites (tertiary alicyclic amines) is 1. The van der Waals surface area contributed by atoms with E-state index in [0.29, 0.717) is 17.8 Å². The molecular formula is C30H37Cl3N2O6. The van der Waals surface area contributed by atoms with Gasteiger partial charge in [0.1, 0.15) is 11.6 Å². The molecule has 4 rings (SSSR count). The topological polar surface area (TPSA) is 97.3 Å². The molecule has 0 bridgehead atoms. The molecule has 2 fully saturated rings. The van der Waals surface area contributed by atoms with Crippen molar-refractivity contribution in [1.29, 1.82) is 0 Å². The maximum atomic E-state index is 13.0. The van der Waals surface area contributed by atoms with Crippen molar-refractivity contribution in [1.82, 2.24) is 4.90 Å². The summed E-state index contributed by atoms with van der Waals surface area (Å²) >= 11 is 17.2. The van der Waals surface area contributed by atoms with Crippen molar-refractivity contribution < 1.29 is 28.9 Å². The standard InChI is InChI=1S/C30H37Cl3N2O6/c1-18-24(16-35-14-6-9-23(35)26(37)41-29(2,3)4)39-27(40-25(18)20-12-10-19(17-36)11-13-20)21-7-5-8-22(15-21)34-28(38)30(31,32)33/h5,7-8,10-13,15,18,23-25,27,36H,6,9,14,16-17H2,1-4H3,(H,34,38). The second kappa shape index (κ2) is 13.2. The fourth-order valence-electron chi connectivity index (χ4n) is 5.21. The number of hydrogen-bond acceptors (Lipinski definition) is 7. The highest BCUT2D eigenvalue weighted by molar-refractivity contribution is 6.76. The summed E-state index contributed by atoms with van der Waals surface area (Å²) in [5, 5.41) is 12.1. The van der Waals surface area contributed by atoms with Gasteiger partial charge in [-0.05, 0) is 63.4 Å². The minimum Gasteiger partial charge on any atom is -0.459 e. The summed E-state index contributed by atoms with van der Waals surface area (Å²) in [5.41, 5.74) is 2.27. The van der Waals surface area contributed by atoms with Crippen LogP contribution < -0.4 is 5.32 Å². The zero-order chi connectivity index (χ0) is 29.9. The molecule has 2 N–H and O–H groups in total. The molecule has 0 spiro atoms. The number of halogens is 3. The third-order valence-electron chi connectivity index (χ3n) is 7.25. The van der Waals surface area contributed by atoms with Gasteiger partial charge in [0.15, 0.2) is 6.29 Å². The van der Waals surface area contributed by atoms with Crippen molar-refractivity contribution in [2.45, 2.75) is 81.1 Å². The third-order valence-corrected chi connectivity index (χ3v) is 7.77. The molecule has 2 saturated heterocycles. The summed E-state index contributed by atoms with van der Waals surface area (Å²) in [6.45, 7) is 8.90. The van der Waals surface area contributed by atoms with Crippen LogP contribution in [0.25, 0.3) is 0 Å². The molecule has 5 atom stereocenters. The quantitative estimate of drug-likeness (QED) is 0.283. The zero-order valence-corrected chi connectivity index (χ0v) is 25.9. The van der Waals surface area contributed by atoms with Gasteiger partial charge in [0, 0.05) is 23.7 Å². The van der Waals surface area contributed by atoms with Crippen LogP contribution in [0.4, 0.5) is 5.69 Å². The van der Waals surface area contributed by atoms with E-state index in [9.17, 15) is 14.7 Å². The molecule has 0 saturated carbocycles. The Hall–Kier alpha value is -1.91. The SMILES string of the molecule is CC1C(CN2CCCC2C(=O)OC(C)(C)C)OC(c2cccc(NC(=O)C(Cl)(Cl)Cl)c2)OC1c1ccc(CO)cc1. The Bertz CT molecular complexity index is 1210. The van der Waals surface area contributed by atoms with Crippen LogP contribution in [0.2, 0.25) is 0 Å². The normalized spacial score (nSPS) is 25.6. The van der Waals surface area contributed by atoms with Crippen LogP contribution in [-0.4, -0.2) is 56.5 Å². The third kappa shape index (κ3) is 8.35. The molecule has 11 heteroatoms. The molecule has 0 aromatic heterocycles. The second-order valence-corrected chi connectivity index (χ2v) is 13.9. The molecule has 2 aliphatic heterocycles. The number of nitrogens with zero attached hydrogens (tertiary/aromatic N) is 1. The highest BCUT2D eigenvalue weighted by Gasteiger charge is 2.42. The Balaban J connectivity index is 1.60. The number of carbonyl (C=O) groups excluding carboxylic acids is 2. The fraction of sp³-hybridized carbons (Fsp3) is 0.533. The minimum absolute atomic E-state index is 0.0521. The molecule has 5 unspecified atom stereocenters. The number of anilines is 1. The second-order valence-electron chi connectivity index (χ2n) is 11.6. The number of nitrogens with one attached hydrogen (secondary N) is 1. The lowest BCUT2D eigenvalue weighted by Gasteiger charge is -2.43. The van der Waals surface area contributed by atoms with E-state index in [1.54, 1.807) is 18.2 Å². The first-order valence-electron chi connectivity index (χ1n) is 13.7. The monoisotopic (exact) mass is 626 g/mol. The van der Waals surface area contributed by atoms with Crippen LogP contribution in [0, 0.1) is 5.92 Å². The van der Waals surface area contributed by atoms with Crippen LogP contribution in [0.15, 0.2) is 48.5 Å². The minimum atomic E-state index is -2.11. The average Bonchev–Trinajstić information content (AvgIpc) is 3.37. The molecule has 1 amide bonds. The number of aliphatic hydroxyl groups is 1. The van der Waals surface area contributed by atoms with Gasteiger partial charge >= 0.3 is 5.97 Å². The summed E-state index contributed by atoms with van der Waals surface area (Å²) in [4.78, 5) is 27.4. The molecule has 8 nitrogen and oxygen atoms in total. The van der Waals surface area contributed by atoms with Crippen molar-refractivity contribution in [3.8, 4) is 0 Å². The number of hydrogen-bond donors (Lipinski definition) is 2. The highest BCUT2D eigenvalue weighted by Crippen LogP contribution is 2.43. The summed E-state index contributed by atoms with van der Waals surface area (Å²) in [6.07, 6.45) is 0.215. The number of benzene rings is 2. The van der Waals surface area contributed by atoms with Gasteiger partial charge in [0.05, 0.1) is 18.8 Å². The Morgan fingerprint density at radius 2 is 1.78 bits per heavy atom. The van der Waals surface area contributed by atoms with Crippen LogP contribution in [0.5, 0.6) is 0 Å². The van der Waals surface area contributed by atoms with Crippen molar-refractivity contribution >= 4 is 52.4 Å². The van der Waals surface area contributed by atoms with Gasteiger partial charge in [-0.2, -0.15) is 0 Å². The fourth-order valence-corrected chi connectivity index (χ4v) is 5.35. The molecular weight excluding hydrogens is 591 g/mol. The Kier molecular flexibility index (Phi) is 10.3. The van der Waals surface area contributed by atoms with Gasteiger partial charge < -0.3 is 24.6 Å². The zero-order valence-electron chi connectivity index (χ0n) is 23.6. The first kappa shape index (κ1) is 32.0. The van der Waals surface area contributed by atoms with E-state index in [1.807, 2.05) is 51.1 Å². The Morgan fingerprint density at radius 3 is 2.41 bits per heavy atom. The van der Waals surface area contributed by atoms with Crippen LogP contribution in [0.3, 0.4) is 0 Å². The predicted octanol–water partition coefficient (Wildman–Crippen LogP) is 6.09. The smallest absolute Gasteiger partial charge is 0.323 e. The molecule has 2 aromatic carbocycles. The Labute approximate surface area is 256 Å². The predicted molar refractivity (Wildman–Crippen MR) is 159 cm³/mol. The van der Waals surface area contributed by atoms with Gasteiger partial charge in [0.25, 0.3) is 9.70 Å². The highest BCUT2D eigenvalue weighted by atomic mass is 35.6. The number of amides is 1. The number of ether oxygens (including phenoxy) is 3. The van der Waals surface area contributed by atoms with E-state index in [1.165, 1.54) is 0 Å². The van der Waals surface area contributed by atoms with Gasteiger partial charge in [-0.1, -0.05) is 78.1 Å². The van der Waals surface area contributed by atoms with Crippen molar-refractivity contribution in [3.05, 3.63) is 65.2 Å². The first-order valence-corrected chi connectivity index (χ1v) is 14.8. The summed E-state index contributed by atoms with van der Waals surface area (Å²) in [7, 11) is 0. The number of carbonyl (C=O) groups is 2. The average molecular weight is 628 g/mol. The summed E-state index contributed by atoms with van der Waals surface area (Å²) < 4.78 is 16.7. The first-order chi connectivity index (χ1) is 19.2. The molecule has 2 aromatic rings. The number of rotatable bonds is 7. The van der Waals surface area contributed by atoms with Crippen molar-refractivity contribution in [2.24, 2.45) is 5.92 Å². The molecule has 41 heavy (non-hydrogen) atoms. The molecule has 224 valence electrons. The van der Waals surface area contributed by atoms with Gasteiger partial charge in [-0.15, -0.1) is 0 Å². The maximum Gasteiger partial charge on any atom is 0.323 e. The van der Waals surface area contributed by atoms with Crippen LogP contribution in [0.1, 0.15) is 69.6 Å². The van der Waals surface area contributed by atoms with Gasteiger partial charge in [-0.3, -0.25) is 14.5 Å². The summed E-state index contributed by atoms with van der Waals surface area (Å²) in [5.74, 6) is -1.07. The lowest BCUT2D eigenvalue weighted by molar-refractivity contribution is -0.276. The van der Waals surface area contributed by atoms with E-state index in [2.05, 4.69) is 17.1 Å². The number of esters is 1. The van der Waals surface area contributed by atoms with E-state index >= 15 is 0 Å². The molecule has 2 heterocycles. The molecule has 0 aliphatic carbocycles. The molecule has 2 aliphatic rings. The lowest BCUT2D eigenvalue weighted by Crippen LogP contribution is -2.48. The van der Waals surface area contributed by atoms with Gasteiger partial charge in [-0.25, -0.2) is 0 Å². The number of aliphatic hydroxyl groups excluding tert-OH is 1.